The number of carbonyl (C=O) groups is 2. The third-order valence-electron chi connectivity index (χ3n) is 7.82. The minimum Gasteiger partial charge on any atom is -0.460 e. The average molecular weight is 518 g/mol. The van der Waals surface area contributed by atoms with E-state index in [-0.39, 0.29) is 47.6 Å². The topological polar surface area (TPSA) is 111 Å². The Hall–Kier alpha value is -3.52. The summed E-state index contributed by atoms with van der Waals surface area (Å²) in [6, 6.07) is 11.2. The minimum absolute atomic E-state index is 0.0377. The lowest BCUT2D eigenvalue weighted by molar-refractivity contribution is -0.151. The van der Waals surface area contributed by atoms with E-state index < -0.39 is 11.5 Å². The van der Waals surface area contributed by atoms with Crippen LogP contribution in [0.2, 0.25) is 0 Å². The number of aliphatic hydroxyl groups is 1. The highest BCUT2D eigenvalue weighted by Gasteiger charge is 2.41. The summed E-state index contributed by atoms with van der Waals surface area (Å²) in [5.74, 6) is -1.10. The van der Waals surface area contributed by atoms with Crippen LogP contribution in [0.1, 0.15) is 76.0 Å². The molecule has 1 aromatic carbocycles. The van der Waals surface area contributed by atoms with Crippen LogP contribution in [0.5, 0.6) is 0 Å². The summed E-state index contributed by atoms with van der Waals surface area (Å²) in [6.45, 7) is 5.33. The number of rotatable bonds is 7. The summed E-state index contributed by atoms with van der Waals surface area (Å²) < 4.78 is 7.28. The van der Waals surface area contributed by atoms with Crippen molar-refractivity contribution in [1.82, 2.24) is 14.9 Å². The standard InChI is InChI=1S/C30H35N3O5/c1-4-30(37,29(36)31-18(2)3)23-15-25-26-21(14-20-12-8-9-13-24(20)32-26)16-33(25)27(34)22(23)17-38-28(35)19-10-6-5-7-11-19/h8-9,12-15,18-19,37H,4-7,10-11,16-17H2,1-3H3,(H,31,36). The Morgan fingerprint density at radius 1 is 1.18 bits per heavy atom. The van der Waals surface area contributed by atoms with Crippen molar-refractivity contribution >= 4 is 22.8 Å². The third-order valence-corrected chi connectivity index (χ3v) is 7.82. The molecule has 38 heavy (non-hydrogen) atoms. The molecule has 1 fully saturated rings. The van der Waals surface area contributed by atoms with Crippen molar-refractivity contribution in [3.63, 3.8) is 0 Å². The molecule has 1 aliphatic carbocycles. The van der Waals surface area contributed by atoms with Gasteiger partial charge in [0.15, 0.2) is 5.60 Å². The quantitative estimate of drug-likeness (QED) is 0.356. The molecule has 1 atom stereocenters. The number of benzene rings is 1. The predicted molar refractivity (Wildman–Crippen MR) is 144 cm³/mol. The van der Waals surface area contributed by atoms with E-state index in [4.69, 9.17) is 9.72 Å². The lowest BCUT2D eigenvalue weighted by atomic mass is 9.86. The molecule has 0 bridgehead atoms. The number of nitrogens with zero attached hydrogens (tertiary/aromatic N) is 2. The van der Waals surface area contributed by atoms with Crippen molar-refractivity contribution in [2.24, 2.45) is 5.92 Å². The number of pyridine rings is 2. The maximum atomic E-state index is 13.9. The van der Waals surface area contributed by atoms with Gasteiger partial charge < -0.3 is 19.7 Å². The van der Waals surface area contributed by atoms with E-state index in [0.717, 1.165) is 48.6 Å². The van der Waals surface area contributed by atoms with Gasteiger partial charge in [-0.3, -0.25) is 14.4 Å². The van der Waals surface area contributed by atoms with E-state index in [1.165, 1.54) is 0 Å². The summed E-state index contributed by atoms with van der Waals surface area (Å²) in [7, 11) is 0. The fraction of sp³-hybridized carbons (Fsp3) is 0.467. The number of ether oxygens (including phenoxy) is 1. The fourth-order valence-electron chi connectivity index (χ4n) is 5.68. The highest BCUT2D eigenvalue weighted by molar-refractivity contribution is 5.88. The van der Waals surface area contributed by atoms with Gasteiger partial charge in [-0.2, -0.15) is 0 Å². The number of carbonyl (C=O) groups excluding carboxylic acids is 2. The summed E-state index contributed by atoms with van der Waals surface area (Å²) in [5, 5.41) is 15.5. The molecule has 0 radical (unpaired) electrons. The first-order chi connectivity index (χ1) is 18.2. The molecular weight excluding hydrogens is 482 g/mol. The van der Waals surface area contributed by atoms with Gasteiger partial charge >= 0.3 is 5.97 Å². The van der Waals surface area contributed by atoms with E-state index in [1.807, 2.05) is 44.2 Å². The number of nitrogens with one attached hydrogen (secondary N) is 1. The van der Waals surface area contributed by atoms with Crippen LogP contribution in [0.15, 0.2) is 41.2 Å². The molecule has 200 valence electrons. The van der Waals surface area contributed by atoms with Crippen LogP contribution in [0.4, 0.5) is 0 Å². The van der Waals surface area contributed by atoms with Crippen LogP contribution in [0.3, 0.4) is 0 Å². The number of hydrogen-bond donors (Lipinski definition) is 2. The average Bonchev–Trinajstić information content (AvgIpc) is 3.28. The molecule has 0 spiro atoms. The number of hydrogen-bond acceptors (Lipinski definition) is 6. The Labute approximate surface area is 222 Å². The van der Waals surface area contributed by atoms with E-state index >= 15 is 0 Å². The fourth-order valence-corrected chi connectivity index (χ4v) is 5.68. The van der Waals surface area contributed by atoms with Crippen LogP contribution in [0, 0.1) is 5.92 Å². The van der Waals surface area contributed by atoms with Crippen LogP contribution in [-0.2, 0) is 33.1 Å². The third kappa shape index (κ3) is 4.62. The molecule has 0 saturated heterocycles. The zero-order chi connectivity index (χ0) is 27.0. The van der Waals surface area contributed by atoms with Crippen LogP contribution < -0.4 is 10.9 Å². The number of esters is 1. The molecule has 1 amide bonds. The van der Waals surface area contributed by atoms with Gasteiger partial charge in [0, 0.05) is 22.6 Å². The highest BCUT2D eigenvalue weighted by Crippen LogP contribution is 2.36. The molecule has 1 saturated carbocycles. The number of aromatic nitrogens is 2. The van der Waals surface area contributed by atoms with Gasteiger partial charge in [-0.1, -0.05) is 44.4 Å². The molecule has 2 N–H and O–H groups in total. The molecule has 8 nitrogen and oxygen atoms in total. The second kappa shape index (κ2) is 10.3. The second-order valence-corrected chi connectivity index (χ2v) is 10.8. The molecule has 8 heteroatoms. The van der Waals surface area contributed by atoms with Crippen LogP contribution >= 0.6 is 0 Å². The zero-order valence-electron chi connectivity index (χ0n) is 22.3. The van der Waals surface area contributed by atoms with Gasteiger partial charge in [0.25, 0.3) is 11.5 Å². The predicted octanol–water partition coefficient (Wildman–Crippen LogP) is 4.17. The van der Waals surface area contributed by atoms with Gasteiger partial charge in [0.1, 0.15) is 6.61 Å². The first kappa shape index (κ1) is 26.1. The molecule has 5 rings (SSSR count). The number of amides is 1. The number of para-hydroxylation sites is 1. The maximum absolute atomic E-state index is 13.9. The Balaban J connectivity index is 1.62. The minimum atomic E-state index is -1.98. The summed E-state index contributed by atoms with van der Waals surface area (Å²) in [5.41, 5.74) is 0.781. The lowest BCUT2D eigenvalue weighted by Crippen LogP contribution is -2.48. The Morgan fingerprint density at radius 2 is 1.92 bits per heavy atom. The van der Waals surface area contributed by atoms with Crippen molar-refractivity contribution in [3.8, 4) is 11.4 Å². The molecule has 1 aliphatic heterocycles. The van der Waals surface area contributed by atoms with Crippen molar-refractivity contribution in [2.45, 2.75) is 84.1 Å². The van der Waals surface area contributed by atoms with Gasteiger partial charge in [-0.05, 0) is 51.3 Å². The molecule has 3 heterocycles. The molecule has 2 aliphatic rings. The largest absolute Gasteiger partial charge is 0.460 e. The van der Waals surface area contributed by atoms with E-state index in [1.54, 1.807) is 17.6 Å². The first-order valence-corrected chi connectivity index (χ1v) is 13.6. The Morgan fingerprint density at radius 3 is 2.63 bits per heavy atom. The molecule has 2 aromatic heterocycles. The van der Waals surface area contributed by atoms with Gasteiger partial charge in [-0.25, -0.2) is 4.98 Å². The SMILES string of the molecule is CCC(O)(C(=O)NC(C)C)c1cc2n(c(=O)c1COC(=O)C1CCCCC1)Cc1cc3ccccc3nc1-2. The summed E-state index contributed by atoms with van der Waals surface area (Å²) in [6.07, 6.45) is 4.67. The Kier molecular flexibility index (Phi) is 7.09. The zero-order valence-corrected chi connectivity index (χ0v) is 22.3. The van der Waals surface area contributed by atoms with Crippen molar-refractivity contribution < 1.29 is 19.4 Å². The van der Waals surface area contributed by atoms with Gasteiger partial charge in [0.2, 0.25) is 0 Å². The maximum Gasteiger partial charge on any atom is 0.309 e. The van der Waals surface area contributed by atoms with Crippen molar-refractivity contribution in [1.29, 1.82) is 0 Å². The van der Waals surface area contributed by atoms with Crippen LogP contribution in [0.25, 0.3) is 22.3 Å². The van der Waals surface area contributed by atoms with E-state index in [9.17, 15) is 19.5 Å². The highest BCUT2D eigenvalue weighted by atomic mass is 16.5. The smallest absolute Gasteiger partial charge is 0.309 e. The first-order valence-electron chi connectivity index (χ1n) is 13.6. The molecule has 1 unspecified atom stereocenters. The van der Waals surface area contributed by atoms with E-state index in [0.29, 0.717) is 17.9 Å². The normalized spacial score (nSPS) is 16.7. The monoisotopic (exact) mass is 517 g/mol. The second-order valence-electron chi connectivity index (χ2n) is 10.8. The van der Waals surface area contributed by atoms with Gasteiger partial charge in [0.05, 0.1) is 34.9 Å². The van der Waals surface area contributed by atoms with Crippen molar-refractivity contribution in [3.05, 3.63) is 63.4 Å². The van der Waals surface area contributed by atoms with Crippen LogP contribution in [-0.4, -0.2) is 32.6 Å². The number of fused-ring (bicyclic) bond motifs is 4. The summed E-state index contributed by atoms with van der Waals surface area (Å²) in [4.78, 5) is 44.9. The van der Waals surface area contributed by atoms with Gasteiger partial charge in [-0.15, -0.1) is 0 Å². The molecule has 3 aromatic rings. The summed E-state index contributed by atoms with van der Waals surface area (Å²) >= 11 is 0. The van der Waals surface area contributed by atoms with E-state index in [2.05, 4.69) is 5.32 Å². The van der Waals surface area contributed by atoms with Crippen molar-refractivity contribution in [2.75, 3.05) is 0 Å². The Bertz CT molecular complexity index is 1450. The lowest BCUT2D eigenvalue weighted by Gasteiger charge is -2.30. The molecular formula is C30H35N3O5.